The molecule has 1 unspecified atom stereocenters. The van der Waals surface area contributed by atoms with Crippen molar-refractivity contribution in [2.75, 3.05) is 32.7 Å². The van der Waals surface area contributed by atoms with Crippen LogP contribution in [-0.4, -0.2) is 52.1 Å². The Morgan fingerprint density at radius 1 is 1.07 bits per heavy atom. The van der Waals surface area contributed by atoms with Crippen molar-refractivity contribution in [2.24, 2.45) is 0 Å². The highest BCUT2D eigenvalue weighted by molar-refractivity contribution is 5.78. The van der Waals surface area contributed by atoms with E-state index in [0.717, 1.165) is 58.1 Å². The van der Waals surface area contributed by atoms with Crippen molar-refractivity contribution < 1.29 is 8.78 Å². The van der Waals surface area contributed by atoms with Gasteiger partial charge in [0.05, 0.1) is 11.6 Å². The molecule has 0 bridgehead atoms. The van der Waals surface area contributed by atoms with Crippen LogP contribution in [0.5, 0.6) is 0 Å². The van der Waals surface area contributed by atoms with Crippen molar-refractivity contribution in [3.8, 4) is 0 Å². The van der Waals surface area contributed by atoms with Gasteiger partial charge in [-0.2, -0.15) is 0 Å². The number of benzene rings is 1. The van der Waals surface area contributed by atoms with E-state index in [1.54, 1.807) is 0 Å². The van der Waals surface area contributed by atoms with Crippen molar-refractivity contribution in [3.05, 3.63) is 39.9 Å². The SMILES string of the molecule is CCCC(c1nc2ccc(F)c(F)c2c(=O)n1CC)N1CCCN(CC)CC1. The summed E-state index contributed by atoms with van der Waals surface area (Å²) in [6.45, 7) is 11.5. The molecule has 1 atom stereocenters. The lowest BCUT2D eigenvalue weighted by Gasteiger charge is -2.31. The molecule has 0 radical (unpaired) electrons. The second-order valence-corrected chi connectivity index (χ2v) is 7.40. The fraction of sp³-hybridized carbons (Fsp3) is 0.619. The van der Waals surface area contributed by atoms with Gasteiger partial charge in [-0.05, 0) is 45.0 Å². The van der Waals surface area contributed by atoms with Gasteiger partial charge in [-0.25, -0.2) is 13.8 Å². The molecule has 0 spiro atoms. The zero-order valence-electron chi connectivity index (χ0n) is 17.0. The number of fused-ring (bicyclic) bond motifs is 1. The van der Waals surface area contributed by atoms with Gasteiger partial charge in [-0.1, -0.05) is 20.3 Å². The Balaban J connectivity index is 2.10. The Hall–Kier alpha value is -1.86. The fourth-order valence-electron chi connectivity index (χ4n) is 4.19. The molecule has 1 aliphatic rings. The molecule has 1 aliphatic heterocycles. The molecular formula is C21H30F2N4O. The Bertz CT molecular complexity index is 883. The number of nitrogens with zero attached hydrogens (tertiary/aromatic N) is 4. The lowest BCUT2D eigenvalue weighted by atomic mass is 10.1. The molecule has 28 heavy (non-hydrogen) atoms. The molecule has 0 N–H and O–H groups in total. The lowest BCUT2D eigenvalue weighted by Crippen LogP contribution is -2.37. The van der Waals surface area contributed by atoms with Crippen molar-refractivity contribution in [3.63, 3.8) is 0 Å². The predicted octanol–water partition coefficient (Wildman–Crippen LogP) is 3.56. The minimum absolute atomic E-state index is 0.00743. The molecule has 1 saturated heterocycles. The number of hydrogen-bond acceptors (Lipinski definition) is 4. The first kappa shape index (κ1) is 20.9. The molecule has 2 heterocycles. The largest absolute Gasteiger partial charge is 0.302 e. The Kier molecular flexibility index (Phi) is 6.78. The lowest BCUT2D eigenvalue weighted by molar-refractivity contribution is 0.177. The van der Waals surface area contributed by atoms with Gasteiger partial charge in [-0.15, -0.1) is 0 Å². The van der Waals surface area contributed by atoms with Crippen LogP contribution in [-0.2, 0) is 6.54 Å². The predicted molar refractivity (Wildman–Crippen MR) is 108 cm³/mol. The maximum Gasteiger partial charge on any atom is 0.264 e. The second kappa shape index (κ2) is 9.09. The molecule has 0 aliphatic carbocycles. The fourth-order valence-corrected chi connectivity index (χ4v) is 4.19. The summed E-state index contributed by atoms with van der Waals surface area (Å²) in [6.07, 6.45) is 2.89. The molecule has 0 amide bonds. The van der Waals surface area contributed by atoms with Gasteiger partial charge in [0.25, 0.3) is 5.56 Å². The standard InChI is InChI=1S/C21H30F2N4O/c1-4-8-17(26-12-7-11-25(5-2)13-14-26)20-24-16-10-9-15(22)19(23)18(16)21(28)27(20)6-3/h9-10,17H,4-8,11-14H2,1-3H3. The highest BCUT2D eigenvalue weighted by atomic mass is 19.2. The summed E-state index contributed by atoms with van der Waals surface area (Å²) in [7, 11) is 0. The van der Waals surface area contributed by atoms with Crippen LogP contribution in [0.2, 0.25) is 0 Å². The molecule has 7 heteroatoms. The minimum Gasteiger partial charge on any atom is -0.302 e. The molecule has 1 aromatic carbocycles. The average molecular weight is 392 g/mol. The first-order valence-electron chi connectivity index (χ1n) is 10.4. The highest BCUT2D eigenvalue weighted by Crippen LogP contribution is 2.27. The molecule has 154 valence electrons. The summed E-state index contributed by atoms with van der Waals surface area (Å²) in [5, 5.41) is -0.256. The zero-order chi connectivity index (χ0) is 20.3. The van der Waals surface area contributed by atoms with E-state index in [4.69, 9.17) is 0 Å². The Morgan fingerprint density at radius 3 is 2.54 bits per heavy atom. The smallest absolute Gasteiger partial charge is 0.264 e. The quantitative estimate of drug-likeness (QED) is 0.754. The van der Waals surface area contributed by atoms with E-state index in [-0.39, 0.29) is 16.9 Å². The van der Waals surface area contributed by atoms with Crippen molar-refractivity contribution in [1.29, 1.82) is 0 Å². The second-order valence-electron chi connectivity index (χ2n) is 7.40. The van der Waals surface area contributed by atoms with Crippen LogP contribution in [0.1, 0.15) is 51.9 Å². The van der Waals surface area contributed by atoms with Crippen molar-refractivity contribution in [2.45, 2.75) is 52.6 Å². The molecule has 0 saturated carbocycles. The van der Waals surface area contributed by atoms with Crippen LogP contribution in [0.4, 0.5) is 8.78 Å². The van der Waals surface area contributed by atoms with Crippen LogP contribution in [0, 0.1) is 11.6 Å². The summed E-state index contributed by atoms with van der Waals surface area (Å²) in [4.78, 5) is 22.5. The van der Waals surface area contributed by atoms with Gasteiger partial charge in [-0.3, -0.25) is 14.3 Å². The van der Waals surface area contributed by atoms with Crippen LogP contribution in [0.15, 0.2) is 16.9 Å². The number of aromatic nitrogens is 2. The van der Waals surface area contributed by atoms with Gasteiger partial charge in [0.15, 0.2) is 11.6 Å². The van der Waals surface area contributed by atoms with E-state index < -0.39 is 17.2 Å². The molecule has 2 aromatic rings. The van der Waals surface area contributed by atoms with Gasteiger partial charge in [0, 0.05) is 26.2 Å². The molecule has 5 nitrogen and oxygen atoms in total. The first-order chi connectivity index (χ1) is 13.5. The Morgan fingerprint density at radius 2 is 1.86 bits per heavy atom. The van der Waals surface area contributed by atoms with E-state index in [1.165, 1.54) is 10.6 Å². The Labute approximate surface area is 165 Å². The molecule has 3 rings (SSSR count). The molecule has 1 fully saturated rings. The third kappa shape index (κ3) is 3.96. The maximum absolute atomic E-state index is 14.3. The number of likely N-dealkylation sites (N-methyl/N-ethyl adjacent to an activating group) is 1. The summed E-state index contributed by atoms with van der Waals surface area (Å²) in [6, 6.07) is 2.44. The summed E-state index contributed by atoms with van der Waals surface area (Å²) in [5.74, 6) is -1.46. The summed E-state index contributed by atoms with van der Waals surface area (Å²) in [5.41, 5.74) is -0.264. The van der Waals surface area contributed by atoms with E-state index in [2.05, 4.69) is 28.6 Å². The van der Waals surface area contributed by atoms with Crippen LogP contribution >= 0.6 is 0 Å². The number of hydrogen-bond donors (Lipinski definition) is 0. The van der Waals surface area contributed by atoms with Crippen molar-refractivity contribution in [1.82, 2.24) is 19.4 Å². The normalized spacial score (nSPS) is 17.8. The van der Waals surface area contributed by atoms with Gasteiger partial charge in [0.2, 0.25) is 0 Å². The van der Waals surface area contributed by atoms with Gasteiger partial charge in [0.1, 0.15) is 11.2 Å². The summed E-state index contributed by atoms with van der Waals surface area (Å²) < 4.78 is 29.5. The van der Waals surface area contributed by atoms with E-state index in [1.807, 2.05) is 6.92 Å². The third-order valence-electron chi connectivity index (χ3n) is 5.73. The monoisotopic (exact) mass is 392 g/mol. The molecular weight excluding hydrogens is 362 g/mol. The van der Waals surface area contributed by atoms with Gasteiger partial charge < -0.3 is 4.90 Å². The topological polar surface area (TPSA) is 41.4 Å². The maximum atomic E-state index is 14.3. The zero-order valence-corrected chi connectivity index (χ0v) is 17.0. The van der Waals surface area contributed by atoms with E-state index >= 15 is 0 Å². The molecule has 1 aromatic heterocycles. The third-order valence-corrected chi connectivity index (χ3v) is 5.73. The average Bonchev–Trinajstić information content (AvgIpc) is 2.94. The van der Waals surface area contributed by atoms with Crippen LogP contribution < -0.4 is 5.56 Å². The van der Waals surface area contributed by atoms with E-state index in [9.17, 15) is 13.6 Å². The van der Waals surface area contributed by atoms with Crippen LogP contribution in [0.25, 0.3) is 10.9 Å². The summed E-state index contributed by atoms with van der Waals surface area (Å²) >= 11 is 0. The minimum atomic E-state index is -1.11. The number of halogens is 2. The van der Waals surface area contributed by atoms with Crippen LogP contribution in [0.3, 0.4) is 0 Å². The van der Waals surface area contributed by atoms with E-state index in [0.29, 0.717) is 12.4 Å². The first-order valence-corrected chi connectivity index (χ1v) is 10.4. The van der Waals surface area contributed by atoms with Gasteiger partial charge >= 0.3 is 0 Å². The number of rotatable bonds is 6. The van der Waals surface area contributed by atoms with Crippen molar-refractivity contribution >= 4 is 10.9 Å². The highest BCUT2D eigenvalue weighted by Gasteiger charge is 2.27.